The van der Waals surface area contributed by atoms with Gasteiger partial charge in [-0.05, 0) is 122 Å². The first-order chi connectivity index (χ1) is 31.7. The molecule has 3 heteroatoms. The Kier molecular flexibility index (Phi) is 8.34. The first-order valence-electron chi connectivity index (χ1n) is 21.9. The van der Waals surface area contributed by atoms with Crippen molar-refractivity contribution in [3.63, 3.8) is 0 Å². The van der Waals surface area contributed by atoms with Crippen LogP contribution in [-0.2, 0) is 5.41 Å². The Bertz CT molecular complexity index is 3670. The van der Waals surface area contributed by atoms with Crippen LogP contribution in [0.3, 0.4) is 0 Å². The van der Waals surface area contributed by atoms with Gasteiger partial charge in [0.15, 0.2) is 0 Å². The average Bonchev–Trinajstić information content (AvgIpc) is 4.03. The molecule has 12 aromatic rings. The lowest BCUT2D eigenvalue weighted by molar-refractivity contribution is 0.669. The van der Waals surface area contributed by atoms with E-state index in [9.17, 15) is 0 Å². The molecule has 64 heavy (non-hydrogen) atoms. The van der Waals surface area contributed by atoms with Crippen LogP contribution in [0, 0.1) is 0 Å². The van der Waals surface area contributed by atoms with E-state index in [1.807, 2.05) is 23.5 Å². The Hall–Kier alpha value is -7.98. The van der Waals surface area contributed by atoms with Crippen molar-refractivity contribution in [3.05, 3.63) is 259 Å². The van der Waals surface area contributed by atoms with E-state index in [4.69, 9.17) is 4.42 Å². The van der Waals surface area contributed by atoms with Gasteiger partial charge in [-0.15, -0.1) is 11.3 Å². The first-order valence-corrected chi connectivity index (χ1v) is 22.7. The summed E-state index contributed by atoms with van der Waals surface area (Å²) in [6, 6.07) is 86.5. The van der Waals surface area contributed by atoms with Gasteiger partial charge in [-0.2, -0.15) is 0 Å². The second-order valence-corrected chi connectivity index (χ2v) is 17.9. The molecule has 300 valence electrons. The third kappa shape index (κ3) is 5.58. The summed E-state index contributed by atoms with van der Waals surface area (Å²) < 4.78 is 8.92. The molecule has 0 amide bonds. The van der Waals surface area contributed by atoms with Crippen LogP contribution >= 0.6 is 11.3 Å². The van der Waals surface area contributed by atoms with E-state index >= 15 is 0 Å². The molecule has 0 radical (unpaired) electrons. The smallest absolute Gasteiger partial charge is 0.136 e. The molecule has 0 bridgehead atoms. The molecule has 0 saturated heterocycles. The van der Waals surface area contributed by atoms with Gasteiger partial charge in [-0.3, -0.25) is 0 Å². The molecule has 0 saturated carbocycles. The summed E-state index contributed by atoms with van der Waals surface area (Å²) >= 11 is 1.86. The maximum atomic E-state index is 6.30. The normalized spacial score (nSPS) is 12.8. The highest BCUT2D eigenvalue weighted by atomic mass is 32.1. The monoisotopic (exact) mass is 833 g/mol. The van der Waals surface area contributed by atoms with Crippen LogP contribution in [0.1, 0.15) is 22.3 Å². The largest absolute Gasteiger partial charge is 0.456 e. The number of para-hydroxylation sites is 1. The van der Waals surface area contributed by atoms with E-state index in [0.717, 1.165) is 50.1 Å². The molecule has 2 aromatic heterocycles. The number of hydrogen-bond donors (Lipinski definition) is 0. The summed E-state index contributed by atoms with van der Waals surface area (Å²) in [5, 5.41) is 4.91. The van der Waals surface area contributed by atoms with Gasteiger partial charge in [0.2, 0.25) is 0 Å². The standard InChI is InChI=1S/C61H39NOS/c1-3-14-43(15-4-1)61(44-16-5-2-6-17-44)54-22-10-7-18-49(54)53-39-47(35-37-55(53)61)62(45-31-26-40(27-32-45)42-30-36-51-50-19-8-11-23-56(50)63-57(51)38-42)46-33-28-41(29-34-46)48-21-13-25-59-60(48)52-20-9-12-24-58(52)64-59/h1-39H. The molecule has 1 aliphatic carbocycles. The molecule has 0 unspecified atom stereocenters. The van der Waals surface area contributed by atoms with Crippen molar-refractivity contribution >= 4 is 70.5 Å². The zero-order valence-corrected chi connectivity index (χ0v) is 35.6. The lowest BCUT2D eigenvalue weighted by atomic mass is 9.68. The second-order valence-electron chi connectivity index (χ2n) is 16.8. The van der Waals surface area contributed by atoms with Crippen LogP contribution in [0.4, 0.5) is 17.1 Å². The fourth-order valence-corrected chi connectivity index (χ4v) is 11.7. The lowest BCUT2D eigenvalue weighted by Crippen LogP contribution is -2.28. The van der Waals surface area contributed by atoms with Gasteiger partial charge in [0.1, 0.15) is 11.2 Å². The number of rotatable bonds is 7. The van der Waals surface area contributed by atoms with Crippen molar-refractivity contribution in [3.8, 4) is 33.4 Å². The molecule has 10 aromatic carbocycles. The van der Waals surface area contributed by atoms with Crippen molar-refractivity contribution in [1.82, 2.24) is 0 Å². The van der Waals surface area contributed by atoms with Gasteiger partial charge < -0.3 is 9.32 Å². The predicted molar refractivity (Wildman–Crippen MR) is 269 cm³/mol. The van der Waals surface area contributed by atoms with Crippen molar-refractivity contribution in [2.75, 3.05) is 4.90 Å². The van der Waals surface area contributed by atoms with Crippen molar-refractivity contribution in [2.24, 2.45) is 0 Å². The molecule has 13 rings (SSSR count). The molecule has 0 N–H and O–H groups in total. The second kappa shape index (κ2) is 14.6. The highest BCUT2D eigenvalue weighted by Gasteiger charge is 2.46. The number of benzene rings is 10. The summed E-state index contributed by atoms with van der Waals surface area (Å²) in [7, 11) is 0. The molecule has 2 nitrogen and oxygen atoms in total. The Morgan fingerprint density at radius 1 is 0.344 bits per heavy atom. The maximum absolute atomic E-state index is 6.30. The SMILES string of the molecule is c1ccc(C2(c3ccccc3)c3ccccc3-c3cc(N(c4ccc(-c5ccc6c(c5)oc5ccccc56)cc4)c4ccc(-c5cccc6sc7ccccc7c56)cc4)ccc32)cc1. The predicted octanol–water partition coefficient (Wildman–Crippen LogP) is 17.1. The maximum Gasteiger partial charge on any atom is 0.136 e. The number of anilines is 3. The van der Waals surface area contributed by atoms with Crippen LogP contribution in [0.2, 0.25) is 0 Å². The minimum absolute atomic E-state index is 0.463. The summed E-state index contributed by atoms with van der Waals surface area (Å²) in [6.45, 7) is 0. The highest BCUT2D eigenvalue weighted by Crippen LogP contribution is 2.57. The zero-order chi connectivity index (χ0) is 42.2. The van der Waals surface area contributed by atoms with Gasteiger partial charge in [0.05, 0.1) is 5.41 Å². The van der Waals surface area contributed by atoms with Gasteiger partial charge in [-0.1, -0.05) is 170 Å². The summed E-state index contributed by atoms with van der Waals surface area (Å²) in [4.78, 5) is 2.41. The number of furan rings is 1. The summed E-state index contributed by atoms with van der Waals surface area (Å²) in [5.41, 5.74) is 16.9. The quantitative estimate of drug-likeness (QED) is 0.159. The van der Waals surface area contributed by atoms with Crippen LogP contribution in [0.25, 0.3) is 75.5 Å². The lowest BCUT2D eigenvalue weighted by Gasteiger charge is -2.34. The first kappa shape index (κ1) is 36.7. The third-order valence-corrected chi connectivity index (χ3v) is 14.5. The van der Waals surface area contributed by atoms with Crippen molar-refractivity contribution in [2.45, 2.75) is 5.41 Å². The van der Waals surface area contributed by atoms with Crippen LogP contribution in [0.15, 0.2) is 241 Å². The molecular weight excluding hydrogens is 795 g/mol. The summed E-state index contributed by atoms with van der Waals surface area (Å²) in [5.74, 6) is 0. The Morgan fingerprint density at radius 3 is 1.67 bits per heavy atom. The van der Waals surface area contributed by atoms with E-state index in [-0.39, 0.29) is 0 Å². The minimum Gasteiger partial charge on any atom is -0.456 e. The fourth-order valence-electron chi connectivity index (χ4n) is 10.5. The number of fused-ring (bicyclic) bond motifs is 9. The van der Waals surface area contributed by atoms with E-state index in [0.29, 0.717) is 0 Å². The van der Waals surface area contributed by atoms with E-state index in [1.165, 1.54) is 64.7 Å². The molecular formula is C61H39NOS. The van der Waals surface area contributed by atoms with Crippen molar-refractivity contribution in [1.29, 1.82) is 0 Å². The third-order valence-electron chi connectivity index (χ3n) is 13.4. The van der Waals surface area contributed by atoms with E-state index in [1.54, 1.807) is 0 Å². The summed E-state index contributed by atoms with van der Waals surface area (Å²) in [6.07, 6.45) is 0. The molecule has 0 fully saturated rings. The Labute approximate surface area is 375 Å². The highest BCUT2D eigenvalue weighted by molar-refractivity contribution is 7.25. The van der Waals surface area contributed by atoms with Crippen molar-refractivity contribution < 1.29 is 4.42 Å². The number of hydrogen-bond acceptors (Lipinski definition) is 3. The molecule has 2 heterocycles. The van der Waals surface area contributed by atoms with Crippen LogP contribution < -0.4 is 4.90 Å². The van der Waals surface area contributed by atoms with Crippen LogP contribution in [-0.4, -0.2) is 0 Å². The molecule has 1 aliphatic rings. The topological polar surface area (TPSA) is 16.4 Å². The minimum atomic E-state index is -0.463. The molecule has 0 aliphatic heterocycles. The van der Waals surface area contributed by atoms with Gasteiger partial charge in [0, 0.05) is 48.0 Å². The molecule has 0 atom stereocenters. The molecule has 0 spiro atoms. The number of thiophene rings is 1. The van der Waals surface area contributed by atoms with Gasteiger partial charge in [0.25, 0.3) is 0 Å². The fraction of sp³-hybridized carbons (Fsp3) is 0.0164. The van der Waals surface area contributed by atoms with Crippen LogP contribution in [0.5, 0.6) is 0 Å². The average molecular weight is 834 g/mol. The number of nitrogens with zero attached hydrogens (tertiary/aromatic N) is 1. The Morgan fingerprint density at radius 2 is 0.906 bits per heavy atom. The zero-order valence-electron chi connectivity index (χ0n) is 34.8. The van der Waals surface area contributed by atoms with Gasteiger partial charge in [-0.25, -0.2) is 0 Å². The van der Waals surface area contributed by atoms with E-state index in [2.05, 4.69) is 229 Å². The van der Waals surface area contributed by atoms with E-state index < -0.39 is 5.41 Å². The Balaban J connectivity index is 0.969. The van der Waals surface area contributed by atoms with Gasteiger partial charge >= 0.3 is 0 Å².